The third kappa shape index (κ3) is 48.6. The molecule has 0 fully saturated rings. The van der Waals surface area contributed by atoms with Gasteiger partial charge in [0.1, 0.15) is 13.2 Å². The van der Waals surface area contributed by atoms with Crippen LogP contribution >= 0.6 is 7.82 Å². The summed E-state index contributed by atoms with van der Waals surface area (Å²) in [5.74, 6) is -0.209. The summed E-state index contributed by atoms with van der Waals surface area (Å²) in [5.41, 5.74) is 0. The summed E-state index contributed by atoms with van der Waals surface area (Å²) >= 11 is 0. The average molecular weight is 923 g/mol. The summed E-state index contributed by atoms with van der Waals surface area (Å²) in [6.07, 6.45) is 59.4. The number of quaternary nitrogens is 1. The van der Waals surface area contributed by atoms with Gasteiger partial charge in [0, 0.05) is 6.42 Å². The van der Waals surface area contributed by atoms with Crippen LogP contribution < -0.4 is 10.2 Å². The van der Waals surface area contributed by atoms with E-state index in [0.29, 0.717) is 17.4 Å². The highest BCUT2D eigenvalue weighted by atomic mass is 31.2. The molecule has 0 aromatic heterocycles. The standard InChI is InChI=1S/C55H107N2O6P/c1-6-8-10-12-14-16-18-20-22-23-24-25-26-27-28-29-30-31-32-33-35-36-38-40-42-44-46-48-54(58)53(52-63-64(60,61)62-51-50-57(3,4)5)56-55(59)49-47-45-43-41-39-37-34-21-19-17-15-13-11-9-7-2/h32-33,38,40,46,48,53-54,58H,6-31,34-37,39,41-45,47,49-52H2,1-5H3,(H-,56,59,60,61)/b33-32+,40-38+,48-46+. The monoisotopic (exact) mass is 923 g/mol. The summed E-state index contributed by atoms with van der Waals surface area (Å²) in [5, 5.41) is 13.8. The molecular formula is C55H107N2O6P. The minimum atomic E-state index is -4.60. The van der Waals surface area contributed by atoms with Crippen molar-refractivity contribution in [2.75, 3.05) is 40.9 Å². The lowest BCUT2D eigenvalue weighted by atomic mass is 10.0. The van der Waals surface area contributed by atoms with Gasteiger partial charge in [-0.15, -0.1) is 0 Å². The number of rotatable bonds is 50. The number of phosphoric acid groups is 1. The van der Waals surface area contributed by atoms with E-state index < -0.39 is 26.6 Å². The van der Waals surface area contributed by atoms with Gasteiger partial charge in [0.25, 0.3) is 7.82 Å². The maximum absolute atomic E-state index is 12.9. The molecule has 0 bridgehead atoms. The first-order chi connectivity index (χ1) is 31.0. The van der Waals surface area contributed by atoms with Crippen molar-refractivity contribution in [3.63, 3.8) is 0 Å². The van der Waals surface area contributed by atoms with Gasteiger partial charge in [-0.3, -0.25) is 9.36 Å². The smallest absolute Gasteiger partial charge is 0.268 e. The normalized spacial score (nSPS) is 14.3. The minimum absolute atomic E-state index is 0.00757. The molecule has 0 rings (SSSR count). The van der Waals surface area contributed by atoms with Crippen molar-refractivity contribution in [1.82, 2.24) is 5.32 Å². The van der Waals surface area contributed by atoms with E-state index in [1.807, 2.05) is 27.2 Å². The third-order valence-corrected chi connectivity index (χ3v) is 13.3. The number of likely N-dealkylation sites (N-methyl/N-ethyl adjacent to an activating group) is 1. The van der Waals surface area contributed by atoms with Crippen LogP contribution in [0.1, 0.15) is 258 Å². The number of aliphatic hydroxyl groups is 1. The molecule has 9 heteroatoms. The van der Waals surface area contributed by atoms with Crippen molar-refractivity contribution in [3.05, 3.63) is 36.5 Å². The second-order valence-electron chi connectivity index (χ2n) is 19.9. The minimum Gasteiger partial charge on any atom is -0.756 e. The van der Waals surface area contributed by atoms with Gasteiger partial charge in [-0.1, -0.05) is 243 Å². The Balaban J connectivity index is 4.27. The van der Waals surface area contributed by atoms with Crippen LogP contribution in [0.4, 0.5) is 0 Å². The Morgan fingerprint density at radius 2 is 0.875 bits per heavy atom. The van der Waals surface area contributed by atoms with E-state index in [-0.39, 0.29) is 12.5 Å². The van der Waals surface area contributed by atoms with Crippen molar-refractivity contribution >= 4 is 13.7 Å². The lowest BCUT2D eigenvalue weighted by molar-refractivity contribution is -0.870. The second-order valence-corrected chi connectivity index (χ2v) is 21.3. The molecule has 0 aromatic carbocycles. The van der Waals surface area contributed by atoms with Crippen LogP contribution in [0.5, 0.6) is 0 Å². The molecule has 378 valence electrons. The van der Waals surface area contributed by atoms with Gasteiger partial charge in [0.15, 0.2) is 0 Å². The molecule has 0 aliphatic rings. The van der Waals surface area contributed by atoms with E-state index in [1.54, 1.807) is 6.08 Å². The third-order valence-electron chi connectivity index (χ3n) is 12.3. The van der Waals surface area contributed by atoms with Crippen LogP contribution in [0.25, 0.3) is 0 Å². The Morgan fingerprint density at radius 1 is 0.531 bits per heavy atom. The number of hydrogen-bond donors (Lipinski definition) is 2. The number of aliphatic hydroxyl groups excluding tert-OH is 1. The van der Waals surface area contributed by atoms with Gasteiger partial charge in [0.05, 0.1) is 39.9 Å². The summed E-state index contributed by atoms with van der Waals surface area (Å²) in [6.45, 7) is 4.64. The van der Waals surface area contributed by atoms with Gasteiger partial charge in [-0.25, -0.2) is 0 Å². The van der Waals surface area contributed by atoms with Crippen LogP contribution in [0.2, 0.25) is 0 Å². The molecule has 2 N–H and O–H groups in total. The number of unbranched alkanes of at least 4 members (excludes halogenated alkanes) is 33. The molecule has 0 spiro atoms. The van der Waals surface area contributed by atoms with Crippen LogP contribution in [0.3, 0.4) is 0 Å². The summed E-state index contributed by atoms with van der Waals surface area (Å²) in [7, 11) is 1.24. The fourth-order valence-electron chi connectivity index (χ4n) is 8.01. The van der Waals surface area contributed by atoms with E-state index in [2.05, 4.69) is 43.5 Å². The number of allylic oxidation sites excluding steroid dienone is 5. The van der Waals surface area contributed by atoms with E-state index >= 15 is 0 Å². The number of nitrogens with zero attached hydrogens (tertiary/aromatic N) is 1. The van der Waals surface area contributed by atoms with Gasteiger partial charge < -0.3 is 28.8 Å². The van der Waals surface area contributed by atoms with E-state index in [0.717, 1.165) is 44.9 Å². The zero-order valence-corrected chi connectivity index (χ0v) is 43.9. The molecule has 3 atom stereocenters. The molecule has 0 aliphatic heterocycles. The highest BCUT2D eigenvalue weighted by molar-refractivity contribution is 7.45. The lowest BCUT2D eigenvalue weighted by Crippen LogP contribution is -2.45. The van der Waals surface area contributed by atoms with E-state index in [9.17, 15) is 19.4 Å². The molecule has 1 amide bonds. The number of carbonyl (C=O) groups is 1. The van der Waals surface area contributed by atoms with Crippen molar-refractivity contribution in [1.29, 1.82) is 0 Å². The molecule has 8 nitrogen and oxygen atoms in total. The first kappa shape index (κ1) is 62.7. The molecule has 0 aliphatic carbocycles. The highest BCUT2D eigenvalue weighted by Crippen LogP contribution is 2.38. The quantitative estimate of drug-likeness (QED) is 0.0272. The predicted molar refractivity (Wildman–Crippen MR) is 275 cm³/mol. The molecule has 64 heavy (non-hydrogen) atoms. The number of amides is 1. The Hall–Kier alpha value is -1.28. The van der Waals surface area contributed by atoms with Gasteiger partial charge >= 0.3 is 0 Å². The molecule has 0 saturated carbocycles. The average Bonchev–Trinajstić information content (AvgIpc) is 3.25. The fourth-order valence-corrected chi connectivity index (χ4v) is 8.73. The van der Waals surface area contributed by atoms with Crippen LogP contribution in [0, 0.1) is 0 Å². The molecule has 3 unspecified atom stereocenters. The second kappa shape index (κ2) is 46.8. The van der Waals surface area contributed by atoms with Crippen molar-refractivity contribution in [3.8, 4) is 0 Å². The maximum Gasteiger partial charge on any atom is 0.268 e. The largest absolute Gasteiger partial charge is 0.756 e. The number of carbonyl (C=O) groups excluding carboxylic acids is 1. The number of nitrogens with one attached hydrogen (secondary N) is 1. The summed E-state index contributed by atoms with van der Waals surface area (Å²) < 4.78 is 23.3. The highest BCUT2D eigenvalue weighted by Gasteiger charge is 2.23. The first-order valence-electron chi connectivity index (χ1n) is 27.4. The Labute approximate surface area is 397 Å². The van der Waals surface area contributed by atoms with E-state index in [1.165, 1.54) is 193 Å². The predicted octanol–water partition coefficient (Wildman–Crippen LogP) is 15.6. The number of phosphoric ester groups is 1. The lowest BCUT2D eigenvalue weighted by Gasteiger charge is -2.29. The molecule has 0 radical (unpaired) electrons. The summed E-state index contributed by atoms with van der Waals surface area (Å²) in [4.78, 5) is 25.4. The van der Waals surface area contributed by atoms with Crippen molar-refractivity contribution < 1.29 is 32.9 Å². The SMILES string of the molecule is CCCCCCCCCCCCCCCCCCC/C=C/CC/C=C/CC/C=C/C(O)C(COP(=O)([O-])OCC[N+](C)(C)C)NC(=O)CCCCCCCCCCCCCCCCC. The topological polar surface area (TPSA) is 108 Å². The zero-order valence-electron chi connectivity index (χ0n) is 43.0. The van der Waals surface area contributed by atoms with Crippen LogP contribution in [-0.2, 0) is 18.4 Å². The number of hydrogen-bond acceptors (Lipinski definition) is 6. The van der Waals surface area contributed by atoms with Gasteiger partial charge in [-0.2, -0.15) is 0 Å². The molecular weight excluding hydrogens is 816 g/mol. The summed E-state index contributed by atoms with van der Waals surface area (Å²) in [6, 6.07) is -0.907. The van der Waals surface area contributed by atoms with E-state index in [4.69, 9.17) is 9.05 Å². The Morgan fingerprint density at radius 3 is 1.27 bits per heavy atom. The van der Waals surface area contributed by atoms with Crippen molar-refractivity contribution in [2.45, 2.75) is 270 Å². The zero-order chi connectivity index (χ0) is 47.1. The maximum atomic E-state index is 12.9. The Kier molecular flexibility index (Phi) is 45.9. The van der Waals surface area contributed by atoms with Crippen LogP contribution in [-0.4, -0.2) is 68.5 Å². The Bertz CT molecular complexity index is 1140. The fraction of sp³-hybridized carbons (Fsp3) is 0.873. The van der Waals surface area contributed by atoms with Gasteiger partial charge in [-0.05, 0) is 44.9 Å². The van der Waals surface area contributed by atoms with Crippen LogP contribution in [0.15, 0.2) is 36.5 Å². The molecule has 0 aromatic rings. The van der Waals surface area contributed by atoms with Gasteiger partial charge in [0.2, 0.25) is 5.91 Å². The first-order valence-corrected chi connectivity index (χ1v) is 28.8. The molecule has 0 saturated heterocycles. The van der Waals surface area contributed by atoms with Crippen molar-refractivity contribution in [2.24, 2.45) is 0 Å². The molecule has 0 heterocycles.